The van der Waals surface area contributed by atoms with E-state index in [0.29, 0.717) is 12.3 Å². The number of rotatable bonds is 0. The molecule has 11 heavy (non-hydrogen) atoms. The van der Waals surface area contributed by atoms with Crippen molar-refractivity contribution in [2.45, 2.75) is 6.54 Å². The highest BCUT2D eigenvalue weighted by molar-refractivity contribution is 5.22. The summed E-state index contributed by atoms with van der Waals surface area (Å²) in [5.41, 5.74) is 5.82. The van der Waals surface area contributed by atoms with E-state index < -0.39 is 0 Å². The van der Waals surface area contributed by atoms with E-state index in [-0.39, 0.29) is 0 Å². The standard InChI is InChI=1S/C5H6N4O2/c1-4-5(2-6-3-7-4)10-11-9-8-1/h2-3,8-9H,1H2. The summed E-state index contributed by atoms with van der Waals surface area (Å²) in [6.07, 6.45) is 2.99. The van der Waals surface area contributed by atoms with Gasteiger partial charge in [-0.1, -0.05) is 10.6 Å². The second kappa shape index (κ2) is 2.79. The predicted octanol–water partition coefficient (Wildman–Crippen LogP) is -0.690. The molecule has 0 aromatic carbocycles. The van der Waals surface area contributed by atoms with Gasteiger partial charge in [0.15, 0.2) is 0 Å². The zero-order chi connectivity index (χ0) is 7.52. The Hall–Kier alpha value is -1.24. The molecule has 0 fully saturated rings. The molecule has 0 amide bonds. The van der Waals surface area contributed by atoms with Crippen molar-refractivity contribution in [1.82, 2.24) is 21.0 Å². The molecular weight excluding hydrogens is 148 g/mol. The minimum absolute atomic E-state index is 0.519. The van der Waals surface area contributed by atoms with Crippen LogP contribution in [0, 0.1) is 0 Å². The maximum absolute atomic E-state index is 4.75. The average molecular weight is 154 g/mol. The summed E-state index contributed by atoms with van der Waals surface area (Å²) < 4.78 is 0. The Morgan fingerprint density at radius 2 is 2.55 bits per heavy atom. The summed E-state index contributed by atoms with van der Waals surface area (Å²) in [7, 11) is 0. The highest BCUT2D eigenvalue weighted by Crippen LogP contribution is 2.13. The van der Waals surface area contributed by atoms with Gasteiger partial charge in [-0.25, -0.2) is 15.4 Å². The SMILES string of the molecule is c1ncc2c(n1)CNNOO2. The van der Waals surface area contributed by atoms with Gasteiger partial charge in [-0.2, -0.15) is 0 Å². The summed E-state index contributed by atoms with van der Waals surface area (Å²) in [4.78, 5) is 17.0. The first-order valence-corrected chi connectivity index (χ1v) is 3.07. The maximum Gasteiger partial charge on any atom is 0.208 e. The van der Waals surface area contributed by atoms with Gasteiger partial charge >= 0.3 is 0 Å². The van der Waals surface area contributed by atoms with Crippen LogP contribution in [0.2, 0.25) is 0 Å². The highest BCUT2D eigenvalue weighted by atomic mass is 17.3. The molecule has 0 saturated heterocycles. The number of hydrogen-bond acceptors (Lipinski definition) is 6. The summed E-state index contributed by atoms with van der Waals surface area (Å²) in [5, 5.41) is 0. The van der Waals surface area contributed by atoms with Crippen LogP contribution in [0.15, 0.2) is 12.5 Å². The summed E-state index contributed by atoms with van der Waals surface area (Å²) in [5.74, 6) is 0.519. The lowest BCUT2D eigenvalue weighted by Gasteiger charge is -1.98. The van der Waals surface area contributed by atoms with Crippen LogP contribution in [0.3, 0.4) is 0 Å². The van der Waals surface area contributed by atoms with Crippen LogP contribution in [0.5, 0.6) is 5.75 Å². The van der Waals surface area contributed by atoms with E-state index in [9.17, 15) is 0 Å². The third-order valence-corrected chi connectivity index (χ3v) is 1.26. The second-order valence-corrected chi connectivity index (χ2v) is 1.96. The van der Waals surface area contributed by atoms with Gasteiger partial charge < -0.3 is 4.89 Å². The lowest BCUT2D eigenvalue weighted by Crippen LogP contribution is -2.29. The molecule has 0 bridgehead atoms. The zero-order valence-electron chi connectivity index (χ0n) is 5.57. The first-order valence-electron chi connectivity index (χ1n) is 3.07. The third-order valence-electron chi connectivity index (χ3n) is 1.26. The van der Waals surface area contributed by atoms with Crippen LogP contribution in [-0.2, 0) is 11.5 Å². The maximum atomic E-state index is 4.75. The van der Waals surface area contributed by atoms with Crippen LogP contribution in [0.4, 0.5) is 0 Å². The number of hydrogen-bond donors (Lipinski definition) is 2. The molecule has 0 radical (unpaired) electrons. The zero-order valence-corrected chi connectivity index (χ0v) is 5.57. The van der Waals surface area contributed by atoms with Crippen molar-refractivity contribution in [2.24, 2.45) is 0 Å². The quantitative estimate of drug-likeness (QED) is 0.482. The fraction of sp³-hybridized carbons (Fsp3) is 0.200. The Morgan fingerprint density at radius 1 is 1.55 bits per heavy atom. The van der Waals surface area contributed by atoms with Crippen molar-refractivity contribution in [2.75, 3.05) is 0 Å². The monoisotopic (exact) mass is 154 g/mol. The summed E-state index contributed by atoms with van der Waals surface area (Å²) >= 11 is 0. The molecule has 0 aliphatic carbocycles. The minimum Gasteiger partial charge on any atom is -0.315 e. The van der Waals surface area contributed by atoms with E-state index in [4.69, 9.17) is 4.89 Å². The van der Waals surface area contributed by atoms with Crippen molar-refractivity contribution >= 4 is 0 Å². The molecule has 6 heteroatoms. The van der Waals surface area contributed by atoms with E-state index in [2.05, 4.69) is 26.0 Å². The van der Waals surface area contributed by atoms with Crippen molar-refractivity contribution in [3.63, 3.8) is 0 Å². The molecule has 2 heterocycles. The molecule has 1 aromatic rings. The van der Waals surface area contributed by atoms with Gasteiger partial charge in [-0.05, 0) is 0 Å². The number of aromatic nitrogens is 2. The van der Waals surface area contributed by atoms with E-state index in [1.54, 1.807) is 0 Å². The lowest BCUT2D eigenvalue weighted by atomic mass is 10.4. The molecule has 2 rings (SSSR count). The smallest absolute Gasteiger partial charge is 0.208 e. The van der Waals surface area contributed by atoms with Crippen molar-refractivity contribution in [1.29, 1.82) is 0 Å². The Kier molecular flexibility index (Phi) is 1.64. The van der Waals surface area contributed by atoms with E-state index in [1.807, 2.05) is 0 Å². The van der Waals surface area contributed by atoms with Gasteiger partial charge in [-0.3, -0.25) is 0 Å². The van der Waals surface area contributed by atoms with Crippen molar-refractivity contribution in [3.8, 4) is 5.75 Å². The summed E-state index contributed by atoms with van der Waals surface area (Å²) in [6.45, 7) is 0.540. The highest BCUT2D eigenvalue weighted by Gasteiger charge is 2.09. The van der Waals surface area contributed by atoms with Crippen LogP contribution >= 0.6 is 0 Å². The molecule has 0 spiro atoms. The van der Waals surface area contributed by atoms with Gasteiger partial charge in [0.25, 0.3) is 0 Å². The third kappa shape index (κ3) is 1.27. The summed E-state index contributed by atoms with van der Waals surface area (Å²) in [6, 6.07) is 0. The molecule has 1 aliphatic rings. The fourth-order valence-electron chi connectivity index (χ4n) is 0.760. The van der Waals surface area contributed by atoms with E-state index >= 15 is 0 Å². The second-order valence-electron chi connectivity index (χ2n) is 1.96. The van der Waals surface area contributed by atoms with Crippen LogP contribution in [-0.4, -0.2) is 9.97 Å². The number of nitrogens with one attached hydrogen (secondary N) is 2. The average Bonchev–Trinajstić information content (AvgIpc) is 2.28. The normalized spacial score (nSPS) is 16.4. The largest absolute Gasteiger partial charge is 0.315 e. The van der Waals surface area contributed by atoms with Crippen LogP contribution < -0.4 is 15.9 Å². The van der Waals surface area contributed by atoms with Crippen LogP contribution in [0.25, 0.3) is 0 Å². The Labute approximate surface area is 62.4 Å². The first-order chi connectivity index (χ1) is 5.47. The van der Waals surface area contributed by atoms with Gasteiger partial charge in [-0.15, -0.1) is 0 Å². The molecule has 58 valence electrons. The number of hydrazine groups is 1. The molecule has 1 aliphatic heterocycles. The van der Waals surface area contributed by atoms with Crippen molar-refractivity contribution < 1.29 is 9.88 Å². The first kappa shape index (κ1) is 6.47. The molecule has 2 N–H and O–H groups in total. The van der Waals surface area contributed by atoms with Gasteiger partial charge in [0, 0.05) is 0 Å². The molecule has 0 unspecified atom stereocenters. The van der Waals surface area contributed by atoms with Gasteiger partial charge in [0.05, 0.1) is 12.7 Å². The van der Waals surface area contributed by atoms with E-state index in [1.165, 1.54) is 12.5 Å². The number of nitrogens with zero attached hydrogens (tertiary/aromatic N) is 2. The molecule has 0 saturated carbocycles. The topological polar surface area (TPSA) is 68.3 Å². The Balaban J connectivity index is 2.33. The lowest BCUT2D eigenvalue weighted by molar-refractivity contribution is -0.266. The van der Waals surface area contributed by atoms with E-state index in [0.717, 1.165) is 5.69 Å². The number of fused-ring (bicyclic) bond motifs is 1. The fourth-order valence-corrected chi connectivity index (χ4v) is 0.760. The predicted molar refractivity (Wildman–Crippen MR) is 33.7 cm³/mol. The molecule has 6 nitrogen and oxygen atoms in total. The molecular formula is C5H6N4O2. The van der Waals surface area contributed by atoms with Crippen LogP contribution in [0.1, 0.15) is 5.69 Å². The Bertz CT molecular complexity index is 229. The van der Waals surface area contributed by atoms with Gasteiger partial charge in [0.2, 0.25) is 5.75 Å². The van der Waals surface area contributed by atoms with Gasteiger partial charge in [0.1, 0.15) is 12.0 Å². The minimum atomic E-state index is 0.519. The Morgan fingerprint density at radius 3 is 3.55 bits per heavy atom. The van der Waals surface area contributed by atoms with Crippen molar-refractivity contribution in [3.05, 3.63) is 18.2 Å². The molecule has 0 atom stereocenters. The molecule has 1 aromatic heterocycles.